The number of carboxylic acid groups (broad SMARTS) is 1. The van der Waals surface area contributed by atoms with Crippen molar-refractivity contribution in [1.82, 2.24) is 8.68 Å². The van der Waals surface area contributed by atoms with Crippen LogP contribution in [0.5, 0.6) is 0 Å². The summed E-state index contributed by atoms with van der Waals surface area (Å²) in [4.78, 5) is 10.8. The molecule has 0 saturated carbocycles. The minimum Gasteiger partial charge on any atom is -0.476 e. The van der Waals surface area contributed by atoms with Gasteiger partial charge in [0, 0.05) is 19.0 Å². The van der Waals surface area contributed by atoms with Gasteiger partial charge in [0.15, 0.2) is 5.69 Å². The van der Waals surface area contributed by atoms with Crippen molar-refractivity contribution < 1.29 is 18.3 Å². The fraction of sp³-hybridized carbons (Fsp3) is 0.286. The van der Waals surface area contributed by atoms with E-state index in [2.05, 4.69) is 4.37 Å². The quantitative estimate of drug-likeness (QED) is 0.834. The molecule has 0 fully saturated rings. The second-order valence-electron chi connectivity index (χ2n) is 4.75. The minimum atomic E-state index is -3.83. The number of nitrogens with zero attached hydrogens (tertiary/aromatic N) is 2. The molecule has 0 atom stereocenters. The lowest BCUT2D eigenvalue weighted by Gasteiger charge is -2.16. The van der Waals surface area contributed by atoms with E-state index in [0.29, 0.717) is 13.0 Å². The highest BCUT2D eigenvalue weighted by molar-refractivity contribution is 7.89. The molecule has 0 aliphatic carbocycles. The topological polar surface area (TPSA) is 87.6 Å². The minimum absolute atomic E-state index is 0.243. The Labute approximate surface area is 133 Å². The van der Waals surface area contributed by atoms with Crippen LogP contribution in [0.4, 0.5) is 0 Å². The maximum absolute atomic E-state index is 12.4. The van der Waals surface area contributed by atoms with Gasteiger partial charge in [-0.2, -0.15) is 4.37 Å². The summed E-state index contributed by atoms with van der Waals surface area (Å²) in [5.74, 6) is -1.34. The van der Waals surface area contributed by atoms with E-state index < -0.39 is 21.7 Å². The van der Waals surface area contributed by atoms with Gasteiger partial charge < -0.3 is 5.11 Å². The Hall–Kier alpha value is -1.77. The van der Waals surface area contributed by atoms with E-state index in [0.717, 1.165) is 23.5 Å². The van der Waals surface area contributed by atoms with E-state index in [1.54, 1.807) is 0 Å². The van der Waals surface area contributed by atoms with E-state index in [1.807, 2.05) is 30.3 Å². The number of carboxylic acids is 1. The molecular weight excluding hydrogens is 324 g/mol. The van der Waals surface area contributed by atoms with Crippen molar-refractivity contribution in [1.29, 1.82) is 0 Å². The van der Waals surface area contributed by atoms with Gasteiger partial charge in [-0.1, -0.05) is 30.3 Å². The molecule has 1 N–H and O–H groups in total. The third kappa shape index (κ3) is 3.70. The summed E-state index contributed by atoms with van der Waals surface area (Å²) in [5.41, 5.74) is 0.719. The fourth-order valence-corrected chi connectivity index (χ4v) is 4.29. The number of rotatable bonds is 7. The smallest absolute Gasteiger partial charge is 0.357 e. The van der Waals surface area contributed by atoms with Crippen LogP contribution in [-0.4, -0.2) is 41.8 Å². The van der Waals surface area contributed by atoms with Crippen molar-refractivity contribution in [2.45, 2.75) is 17.7 Å². The Balaban J connectivity index is 2.03. The first kappa shape index (κ1) is 16.6. The number of carbonyl (C=O) groups is 1. The van der Waals surface area contributed by atoms with Crippen LogP contribution in [0.2, 0.25) is 0 Å². The number of aromatic nitrogens is 1. The first-order valence-corrected chi connectivity index (χ1v) is 8.88. The molecule has 0 spiro atoms. The molecule has 2 aromatic rings. The molecule has 8 heteroatoms. The maximum Gasteiger partial charge on any atom is 0.357 e. The van der Waals surface area contributed by atoms with Gasteiger partial charge in [0.05, 0.1) is 0 Å². The van der Waals surface area contributed by atoms with E-state index >= 15 is 0 Å². The summed E-state index contributed by atoms with van der Waals surface area (Å²) in [6.07, 6.45) is 1.41. The predicted molar refractivity (Wildman–Crippen MR) is 83.7 cm³/mol. The summed E-state index contributed by atoms with van der Waals surface area (Å²) >= 11 is 0.823. The highest BCUT2D eigenvalue weighted by Crippen LogP contribution is 2.21. The molecular formula is C14H16N2O4S2. The van der Waals surface area contributed by atoms with E-state index in [9.17, 15) is 13.2 Å². The molecule has 118 valence electrons. The van der Waals surface area contributed by atoms with Crippen LogP contribution >= 0.6 is 11.5 Å². The molecule has 0 radical (unpaired) electrons. The number of hydrogen-bond acceptors (Lipinski definition) is 5. The fourth-order valence-electron chi connectivity index (χ4n) is 1.99. The van der Waals surface area contributed by atoms with Gasteiger partial charge in [0.1, 0.15) is 4.90 Å². The van der Waals surface area contributed by atoms with Crippen molar-refractivity contribution in [3.05, 3.63) is 47.0 Å². The summed E-state index contributed by atoms with van der Waals surface area (Å²) in [6.45, 7) is 0.312. The second-order valence-corrected chi connectivity index (χ2v) is 7.39. The molecule has 0 unspecified atom stereocenters. The Bertz CT molecular complexity index is 741. The van der Waals surface area contributed by atoms with Crippen molar-refractivity contribution >= 4 is 27.5 Å². The molecule has 0 aliphatic heterocycles. The molecule has 1 aromatic carbocycles. The van der Waals surface area contributed by atoms with E-state index in [4.69, 9.17) is 5.11 Å². The van der Waals surface area contributed by atoms with Gasteiger partial charge in [-0.05, 0) is 29.9 Å². The molecule has 1 aromatic heterocycles. The van der Waals surface area contributed by atoms with Crippen LogP contribution in [0, 0.1) is 0 Å². The van der Waals surface area contributed by atoms with E-state index in [-0.39, 0.29) is 4.90 Å². The Morgan fingerprint density at radius 3 is 2.64 bits per heavy atom. The van der Waals surface area contributed by atoms with Gasteiger partial charge in [-0.3, -0.25) is 0 Å². The Morgan fingerprint density at radius 1 is 1.32 bits per heavy atom. The van der Waals surface area contributed by atoms with Gasteiger partial charge >= 0.3 is 5.97 Å². The van der Waals surface area contributed by atoms with Crippen LogP contribution in [-0.2, 0) is 16.4 Å². The summed E-state index contributed by atoms with van der Waals surface area (Å²) in [5, 5.41) is 10.2. The summed E-state index contributed by atoms with van der Waals surface area (Å²) in [7, 11) is -2.38. The monoisotopic (exact) mass is 340 g/mol. The largest absolute Gasteiger partial charge is 0.476 e. The highest BCUT2D eigenvalue weighted by Gasteiger charge is 2.28. The van der Waals surface area contributed by atoms with Gasteiger partial charge in [0.25, 0.3) is 0 Å². The SMILES string of the molecule is CN(CCCc1ccccc1)S(=O)(=O)c1csnc1C(=O)O. The molecule has 0 aliphatic rings. The molecule has 6 nitrogen and oxygen atoms in total. The molecule has 0 bridgehead atoms. The lowest BCUT2D eigenvalue weighted by molar-refractivity contribution is 0.0687. The number of benzene rings is 1. The molecule has 22 heavy (non-hydrogen) atoms. The van der Waals surface area contributed by atoms with Crippen LogP contribution < -0.4 is 0 Å². The summed E-state index contributed by atoms with van der Waals surface area (Å²) in [6, 6.07) is 9.77. The van der Waals surface area contributed by atoms with Crippen molar-refractivity contribution in [3.8, 4) is 0 Å². The van der Waals surface area contributed by atoms with Crippen LogP contribution in [0.3, 0.4) is 0 Å². The lowest BCUT2D eigenvalue weighted by atomic mass is 10.1. The van der Waals surface area contributed by atoms with Crippen molar-refractivity contribution in [3.63, 3.8) is 0 Å². The lowest BCUT2D eigenvalue weighted by Crippen LogP contribution is -2.29. The second kappa shape index (κ2) is 6.99. The van der Waals surface area contributed by atoms with Crippen LogP contribution in [0.25, 0.3) is 0 Å². The zero-order chi connectivity index (χ0) is 16.2. The van der Waals surface area contributed by atoms with Crippen molar-refractivity contribution in [2.75, 3.05) is 13.6 Å². The average molecular weight is 340 g/mol. The normalized spacial score (nSPS) is 11.7. The standard InChI is InChI=1S/C14H16N2O4S2/c1-16(9-5-8-11-6-3-2-4-7-11)22(19,20)12-10-21-15-13(12)14(17)18/h2-4,6-7,10H,5,8-9H2,1H3,(H,17,18). The average Bonchev–Trinajstić information content (AvgIpc) is 2.98. The Morgan fingerprint density at radius 2 is 2.00 bits per heavy atom. The summed E-state index contributed by atoms with van der Waals surface area (Å²) < 4.78 is 29.6. The highest BCUT2D eigenvalue weighted by atomic mass is 32.2. The number of hydrogen-bond donors (Lipinski definition) is 1. The molecule has 1 heterocycles. The number of sulfonamides is 1. The molecule has 0 amide bonds. The zero-order valence-electron chi connectivity index (χ0n) is 12.0. The third-order valence-corrected chi connectivity index (χ3v) is 5.86. The molecule has 0 saturated heterocycles. The van der Waals surface area contributed by atoms with Gasteiger partial charge in [0.2, 0.25) is 10.0 Å². The Kier molecular flexibility index (Phi) is 5.28. The number of aromatic carboxylic acids is 1. The van der Waals surface area contributed by atoms with Gasteiger partial charge in [-0.25, -0.2) is 17.5 Å². The predicted octanol–water partition coefficient (Wildman–Crippen LogP) is 2.09. The first-order chi connectivity index (χ1) is 10.4. The first-order valence-electron chi connectivity index (χ1n) is 6.61. The van der Waals surface area contributed by atoms with Gasteiger partial charge in [-0.15, -0.1) is 0 Å². The molecule has 2 rings (SSSR count). The number of aryl methyl sites for hydroxylation is 1. The third-order valence-electron chi connectivity index (χ3n) is 3.21. The van der Waals surface area contributed by atoms with E-state index in [1.165, 1.54) is 16.7 Å². The van der Waals surface area contributed by atoms with Crippen LogP contribution in [0.15, 0.2) is 40.6 Å². The zero-order valence-corrected chi connectivity index (χ0v) is 13.6. The maximum atomic E-state index is 12.4. The van der Waals surface area contributed by atoms with Crippen LogP contribution in [0.1, 0.15) is 22.5 Å². The van der Waals surface area contributed by atoms with Crippen molar-refractivity contribution in [2.24, 2.45) is 0 Å².